The predicted octanol–water partition coefficient (Wildman–Crippen LogP) is 1.13. The van der Waals surface area contributed by atoms with Crippen LogP contribution in [0.4, 0.5) is 0 Å². The van der Waals surface area contributed by atoms with Gasteiger partial charge in [0.1, 0.15) is 0 Å². The van der Waals surface area contributed by atoms with Gasteiger partial charge >= 0.3 is 0 Å². The van der Waals surface area contributed by atoms with Crippen molar-refractivity contribution in [2.45, 2.75) is 51.2 Å². The first-order valence-corrected chi connectivity index (χ1v) is 6.83. The number of hydrogen-bond acceptors (Lipinski definition) is 3. The molecule has 2 aliphatic heterocycles. The highest BCUT2D eigenvalue weighted by atomic mass is 16.3. The second kappa shape index (κ2) is 5.03. The van der Waals surface area contributed by atoms with Gasteiger partial charge in [0.2, 0.25) is 0 Å². The Morgan fingerprint density at radius 2 is 2.19 bits per heavy atom. The lowest BCUT2D eigenvalue weighted by atomic mass is 9.72. The summed E-state index contributed by atoms with van der Waals surface area (Å²) in [6.07, 6.45) is 4.57. The molecule has 0 aromatic rings. The molecule has 0 aromatic carbocycles. The van der Waals surface area contributed by atoms with Crippen LogP contribution < -0.4 is 10.6 Å². The lowest BCUT2D eigenvalue weighted by molar-refractivity contribution is -0.0754. The number of nitrogens with one attached hydrogen (secondary N) is 2. The minimum absolute atomic E-state index is 0.309. The topological polar surface area (TPSA) is 44.3 Å². The predicted molar refractivity (Wildman–Crippen MR) is 66.4 cm³/mol. The fourth-order valence-corrected chi connectivity index (χ4v) is 3.30. The molecular weight excluding hydrogens is 200 g/mol. The van der Waals surface area contributed by atoms with Crippen LogP contribution in [0.2, 0.25) is 0 Å². The fourth-order valence-electron chi connectivity index (χ4n) is 3.30. The molecule has 4 atom stereocenters. The first-order chi connectivity index (χ1) is 7.66. The number of aliphatic hydroxyl groups is 1. The van der Waals surface area contributed by atoms with E-state index in [9.17, 15) is 5.11 Å². The van der Waals surface area contributed by atoms with Crippen molar-refractivity contribution in [3.8, 4) is 0 Å². The minimum atomic E-state index is -0.487. The molecule has 0 spiro atoms. The summed E-state index contributed by atoms with van der Waals surface area (Å²) >= 11 is 0. The first-order valence-electron chi connectivity index (χ1n) is 6.83. The Kier molecular flexibility index (Phi) is 3.88. The maximum absolute atomic E-state index is 10.9. The quantitative estimate of drug-likeness (QED) is 0.661. The maximum Gasteiger partial charge on any atom is 0.0849 e. The van der Waals surface area contributed by atoms with Gasteiger partial charge in [-0.3, -0.25) is 0 Å². The molecule has 3 nitrogen and oxygen atoms in total. The van der Waals surface area contributed by atoms with Crippen LogP contribution in [0.15, 0.2) is 0 Å². The van der Waals surface area contributed by atoms with Crippen LogP contribution in [0, 0.1) is 11.8 Å². The lowest BCUT2D eigenvalue weighted by Gasteiger charge is -2.47. The van der Waals surface area contributed by atoms with Gasteiger partial charge in [0.05, 0.1) is 5.60 Å². The maximum atomic E-state index is 10.9. The minimum Gasteiger partial charge on any atom is -0.388 e. The lowest BCUT2D eigenvalue weighted by Crippen LogP contribution is -2.62. The monoisotopic (exact) mass is 226 g/mol. The van der Waals surface area contributed by atoms with E-state index in [1.54, 1.807) is 0 Å². The molecular formula is C13H26N2O. The summed E-state index contributed by atoms with van der Waals surface area (Å²) in [6.45, 7) is 7.42. The Bertz CT molecular complexity index is 234. The highest BCUT2D eigenvalue weighted by Gasteiger charge is 2.44. The smallest absolute Gasteiger partial charge is 0.0849 e. The largest absolute Gasteiger partial charge is 0.388 e. The third-order valence-corrected chi connectivity index (χ3v) is 4.70. The van der Waals surface area contributed by atoms with Crippen LogP contribution >= 0.6 is 0 Å². The van der Waals surface area contributed by atoms with E-state index in [4.69, 9.17) is 0 Å². The average Bonchev–Trinajstić information content (AvgIpc) is 2.33. The molecule has 3 heteroatoms. The highest BCUT2D eigenvalue weighted by molar-refractivity contribution is 5.01. The molecule has 94 valence electrons. The Morgan fingerprint density at radius 1 is 1.38 bits per heavy atom. The Morgan fingerprint density at radius 3 is 2.88 bits per heavy atom. The van der Waals surface area contributed by atoms with Crippen LogP contribution in [0.25, 0.3) is 0 Å². The summed E-state index contributed by atoms with van der Waals surface area (Å²) in [5, 5.41) is 17.8. The molecule has 2 saturated heterocycles. The van der Waals surface area contributed by atoms with Crippen molar-refractivity contribution >= 4 is 0 Å². The molecule has 3 N–H and O–H groups in total. The number of hydrogen-bond donors (Lipinski definition) is 3. The van der Waals surface area contributed by atoms with E-state index in [2.05, 4.69) is 24.5 Å². The summed E-state index contributed by atoms with van der Waals surface area (Å²) in [6, 6.07) is 0.309. The molecule has 2 rings (SSSR count). The van der Waals surface area contributed by atoms with Crippen molar-refractivity contribution < 1.29 is 5.11 Å². The molecule has 2 heterocycles. The summed E-state index contributed by atoms with van der Waals surface area (Å²) in [4.78, 5) is 0. The third kappa shape index (κ3) is 2.27. The van der Waals surface area contributed by atoms with Crippen LogP contribution in [-0.2, 0) is 0 Å². The zero-order valence-electron chi connectivity index (χ0n) is 10.6. The van der Waals surface area contributed by atoms with Crippen molar-refractivity contribution in [1.29, 1.82) is 0 Å². The highest BCUT2D eigenvalue weighted by Crippen LogP contribution is 2.34. The summed E-state index contributed by atoms with van der Waals surface area (Å²) in [7, 11) is 0. The first kappa shape index (κ1) is 12.3. The molecule has 4 unspecified atom stereocenters. The van der Waals surface area contributed by atoms with Crippen LogP contribution in [0.3, 0.4) is 0 Å². The van der Waals surface area contributed by atoms with Gasteiger partial charge in [0.25, 0.3) is 0 Å². The van der Waals surface area contributed by atoms with E-state index in [1.165, 1.54) is 12.8 Å². The number of rotatable bonds is 2. The standard InChI is InChI=1S/C13H26N2O/c1-3-11-4-6-15-12(8-11)13(16)5-7-14-9-10(13)2/h10-12,14-16H,3-9H2,1-2H3. The van der Waals surface area contributed by atoms with Gasteiger partial charge in [-0.25, -0.2) is 0 Å². The third-order valence-electron chi connectivity index (χ3n) is 4.70. The molecule has 0 bridgehead atoms. The van der Waals surface area contributed by atoms with Gasteiger partial charge in [-0.05, 0) is 44.2 Å². The molecule has 0 aromatic heterocycles. The normalized spacial score (nSPS) is 45.6. The second-order valence-corrected chi connectivity index (χ2v) is 5.65. The molecule has 2 fully saturated rings. The van der Waals surface area contributed by atoms with E-state index in [1.807, 2.05) is 0 Å². The van der Waals surface area contributed by atoms with Gasteiger partial charge in [-0.2, -0.15) is 0 Å². The molecule has 16 heavy (non-hydrogen) atoms. The summed E-state index contributed by atoms with van der Waals surface area (Å²) in [5.74, 6) is 1.16. The van der Waals surface area contributed by atoms with Crippen molar-refractivity contribution in [1.82, 2.24) is 10.6 Å². The van der Waals surface area contributed by atoms with Gasteiger partial charge in [-0.1, -0.05) is 20.3 Å². The van der Waals surface area contributed by atoms with Crippen LogP contribution in [0.1, 0.15) is 39.5 Å². The SMILES string of the molecule is CCC1CCNC(C2(O)CCNCC2C)C1. The van der Waals surface area contributed by atoms with Crippen molar-refractivity contribution in [3.63, 3.8) is 0 Å². The fraction of sp³-hybridized carbons (Fsp3) is 1.00. The molecule has 0 radical (unpaired) electrons. The Hall–Kier alpha value is -0.120. The van der Waals surface area contributed by atoms with E-state index in [0.29, 0.717) is 12.0 Å². The molecule has 2 aliphatic rings. The summed E-state index contributed by atoms with van der Waals surface area (Å²) < 4.78 is 0. The van der Waals surface area contributed by atoms with E-state index >= 15 is 0 Å². The van der Waals surface area contributed by atoms with Gasteiger partial charge in [0.15, 0.2) is 0 Å². The zero-order valence-corrected chi connectivity index (χ0v) is 10.6. The van der Waals surface area contributed by atoms with Crippen molar-refractivity contribution in [2.24, 2.45) is 11.8 Å². The van der Waals surface area contributed by atoms with E-state index in [0.717, 1.165) is 38.4 Å². The van der Waals surface area contributed by atoms with Crippen LogP contribution in [0.5, 0.6) is 0 Å². The van der Waals surface area contributed by atoms with Gasteiger partial charge in [0, 0.05) is 12.6 Å². The van der Waals surface area contributed by atoms with Gasteiger partial charge < -0.3 is 15.7 Å². The van der Waals surface area contributed by atoms with E-state index < -0.39 is 5.60 Å². The van der Waals surface area contributed by atoms with Gasteiger partial charge in [-0.15, -0.1) is 0 Å². The Labute approximate surface area is 99.0 Å². The van der Waals surface area contributed by atoms with Crippen LogP contribution in [-0.4, -0.2) is 36.4 Å². The molecule has 0 saturated carbocycles. The summed E-state index contributed by atoms with van der Waals surface area (Å²) in [5.41, 5.74) is -0.487. The Balaban J connectivity index is 2.03. The molecule has 0 aliphatic carbocycles. The average molecular weight is 226 g/mol. The van der Waals surface area contributed by atoms with E-state index in [-0.39, 0.29) is 0 Å². The van der Waals surface area contributed by atoms with Crippen molar-refractivity contribution in [2.75, 3.05) is 19.6 Å². The van der Waals surface area contributed by atoms with Crippen molar-refractivity contribution in [3.05, 3.63) is 0 Å². The molecule has 0 amide bonds. The number of piperidine rings is 2. The zero-order chi connectivity index (χ0) is 11.6. The second-order valence-electron chi connectivity index (χ2n) is 5.65.